The number of fused-ring (bicyclic) bond motifs is 1. The van der Waals surface area contributed by atoms with Crippen molar-refractivity contribution in [2.45, 2.75) is 13.3 Å². The van der Waals surface area contributed by atoms with E-state index in [2.05, 4.69) is 51.9 Å². The molecule has 0 saturated carbocycles. The third kappa shape index (κ3) is 5.16. The zero-order valence-corrected chi connectivity index (χ0v) is 19.8. The predicted molar refractivity (Wildman–Crippen MR) is 133 cm³/mol. The van der Waals surface area contributed by atoms with E-state index in [4.69, 9.17) is 14.5 Å². The molecule has 2 aliphatic rings. The number of aromatic amines is 1. The van der Waals surface area contributed by atoms with Crippen LogP contribution in [-0.4, -0.2) is 92.4 Å². The van der Waals surface area contributed by atoms with Gasteiger partial charge in [0.05, 0.1) is 36.4 Å². The van der Waals surface area contributed by atoms with Crippen molar-refractivity contribution < 1.29 is 9.47 Å². The number of ether oxygens (including phenoxy) is 2. The van der Waals surface area contributed by atoms with Crippen LogP contribution in [0.2, 0.25) is 0 Å². The van der Waals surface area contributed by atoms with Crippen LogP contribution in [0.3, 0.4) is 0 Å². The number of aromatic nitrogens is 2. The van der Waals surface area contributed by atoms with Gasteiger partial charge < -0.3 is 24.3 Å². The van der Waals surface area contributed by atoms with Gasteiger partial charge >= 0.3 is 0 Å². The quantitative estimate of drug-likeness (QED) is 0.558. The number of H-pyrrole nitrogens is 1. The molecule has 1 N–H and O–H groups in total. The highest BCUT2D eigenvalue weighted by molar-refractivity contribution is 5.86. The maximum absolute atomic E-state index is 6.21. The van der Waals surface area contributed by atoms with Gasteiger partial charge in [0.1, 0.15) is 11.6 Å². The minimum Gasteiger partial charge on any atom is -0.493 e. The van der Waals surface area contributed by atoms with Gasteiger partial charge in [0.2, 0.25) is 0 Å². The topological polar surface area (TPSA) is 56.9 Å². The first-order valence-corrected chi connectivity index (χ1v) is 12.1. The summed E-state index contributed by atoms with van der Waals surface area (Å²) in [6.07, 6.45) is 1.00. The lowest BCUT2D eigenvalue weighted by Gasteiger charge is -2.34. The standard InChI is InChI=1S/C26H35N5O2/c1-20-18-21(31-11-9-29(2)10-12-31)19-23-25(20)28-26(27-23)22-6-3-4-7-24(22)33-15-5-8-30-13-16-32-17-14-30/h3-4,6-7,18-19H,5,8-17H2,1-2H3,(H,27,28). The van der Waals surface area contributed by atoms with Crippen LogP contribution in [0.4, 0.5) is 5.69 Å². The number of hydrogen-bond donors (Lipinski definition) is 1. The number of rotatable bonds is 7. The molecule has 176 valence electrons. The summed E-state index contributed by atoms with van der Waals surface area (Å²) < 4.78 is 11.6. The highest BCUT2D eigenvalue weighted by Gasteiger charge is 2.18. The molecule has 0 aliphatic carbocycles. The summed E-state index contributed by atoms with van der Waals surface area (Å²) in [5, 5.41) is 0. The lowest BCUT2D eigenvalue weighted by Crippen LogP contribution is -2.44. The molecule has 3 aromatic rings. The van der Waals surface area contributed by atoms with Crippen molar-refractivity contribution in [3.63, 3.8) is 0 Å². The van der Waals surface area contributed by atoms with Crippen molar-refractivity contribution in [2.24, 2.45) is 0 Å². The fraction of sp³-hybridized carbons (Fsp3) is 0.500. The van der Waals surface area contributed by atoms with Gasteiger partial charge in [-0.05, 0) is 50.2 Å². The monoisotopic (exact) mass is 449 g/mol. The van der Waals surface area contributed by atoms with Crippen molar-refractivity contribution in [1.82, 2.24) is 19.8 Å². The largest absolute Gasteiger partial charge is 0.493 e. The van der Waals surface area contributed by atoms with E-state index in [1.165, 1.54) is 11.3 Å². The smallest absolute Gasteiger partial charge is 0.142 e. The highest BCUT2D eigenvalue weighted by atomic mass is 16.5. The maximum Gasteiger partial charge on any atom is 0.142 e. The first kappa shape index (κ1) is 22.2. The first-order chi connectivity index (χ1) is 16.2. The Morgan fingerprint density at radius 2 is 1.82 bits per heavy atom. The average Bonchev–Trinajstić information content (AvgIpc) is 3.28. The van der Waals surface area contributed by atoms with E-state index >= 15 is 0 Å². The second-order valence-electron chi connectivity index (χ2n) is 9.19. The van der Waals surface area contributed by atoms with Crippen LogP contribution in [0, 0.1) is 6.92 Å². The summed E-state index contributed by atoms with van der Waals surface area (Å²) in [6, 6.07) is 12.7. The van der Waals surface area contributed by atoms with E-state index in [1.54, 1.807) is 0 Å². The number of nitrogens with one attached hydrogen (secondary N) is 1. The molecule has 0 atom stereocenters. The summed E-state index contributed by atoms with van der Waals surface area (Å²) in [4.78, 5) is 15.8. The van der Waals surface area contributed by atoms with Crippen LogP contribution in [0.1, 0.15) is 12.0 Å². The Bertz CT molecular complexity index is 1070. The van der Waals surface area contributed by atoms with Crippen molar-refractivity contribution >= 4 is 16.7 Å². The van der Waals surface area contributed by atoms with Gasteiger partial charge in [0.15, 0.2) is 0 Å². The molecule has 3 heterocycles. The van der Waals surface area contributed by atoms with Gasteiger partial charge in [-0.25, -0.2) is 4.98 Å². The molecule has 0 unspecified atom stereocenters. The Morgan fingerprint density at radius 1 is 1.03 bits per heavy atom. The summed E-state index contributed by atoms with van der Waals surface area (Å²) in [6.45, 7) is 11.9. The number of anilines is 1. The number of morpholine rings is 1. The van der Waals surface area contributed by atoms with Crippen LogP contribution in [0.15, 0.2) is 36.4 Å². The highest BCUT2D eigenvalue weighted by Crippen LogP contribution is 2.32. The molecule has 2 saturated heterocycles. The molecule has 2 fully saturated rings. The number of likely N-dealkylation sites (N-methyl/N-ethyl adjacent to an activating group) is 1. The molecule has 2 aromatic carbocycles. The molecule has 33 heavy (non-hydrogen) atoms. The molecule has 0 bridgehead atoms. The van der Waals surface area contributed by atoms with Crippen LogP contribution in [0.5, 0.6) is 5.75 Å². The summed E-state index contributed by atoms with van der Waals surface area (Å²) in [7, 11) is 2.19. The third-order valence-electron chi connectivity index (χ3n) is 6.75. The minimum absolute atomic E-state index is 0.696. The van der Waals surface area contributed by atoms with Crippen molar-refractivity contribution in [3.05, 3.63) is 42.0 Å². The lowest BCUT2D eigenvalue weighted by atomic mass is 10.1. The fourth-order valence-corrected chi connectivity index (χ4v) is 4.73. The third-order valence-corrected chi connectivity index (χ3v) is 6.75. The molecule has 0 spiro atoms. The van der Waals surface area contributed by atoms with E-state index in [0.29, 0.717) is 6.61 Å². The zero-order valence-electron chi connectivity index (χ0n) is 19.8. The first-order valence-electron chi connectivity index (χ1n) is 12.1. The van der Waals surface area contributed by atoms with Gasteiger partial charge in [0.25, 0.3) is 0 Å². The summed E-state index contributed by atoms with van der Waals surface area (Å²) >= 11 is 0. The SMILES string of the molecule is Cc1cc(N2CCN(C)CC2)cc2[nH]c(-c3ccccc3OCCCN3CCOCC3)nc12. The Hall–Kier alpha value is -2.61. The fourth-order valence-electron chi connectivity index (χ4n) is 4.73. The van der Waals surface area contributed by atoms with Gasteiger partial charge in [-0.15, -0.1) is 0 Å². The molecular weight excluding hydrogens is 414 g/mol. The Labute approximate surface area is 196 Å². The van der Waals surface area contributed by atoms with E-state index < -0.39 is 0 Å². The normalized spacial score (nSPS) is 18.2. The second kappa shape index (κ2) is 10.1. The minimum atomic E-state index is 0.696. The van der Waals surface area contributed by atoms with Crippen LogP contribution >= 0.6 is 0 Å². The molecule has 7 heteroatoms. The average molecular weight is 450 g/mol. The summed E-state index contributed by atoms with van der Waals surface area (Å²) in [5.74, 6) is 1.75. The number of aryl methyl sites for hydroxylation is 1. The van der Waals surface area contributed by atoms with E-state index in [-0.39, 0.29) is 0 Å². The molecule has 2 aliphatic heterocycles. The Kier molecular flexibility index (Phi) is 6.80. The van der Waals surface area contributed by atoms with E-state index in [9.17, 15) is 0 Å². The van der Waals surface area contributed by atoms with E-state index in [1.807, 2.05) is 18.2 Å². The van der Waals surface area contributed by atoms with Gasteiger partial charge in [-0.1, -0.05) is 12.1 Å². The lowest BCUT2D eigenvalue weighted by molar-refractivity contribution is 0.0358. The van der Waals surface area contributed by atoms with E-state index in [0.717, 1.165) is 93.6 Å². The maximum atomic E-state index is 6.21. The second-order valence-corrected chi connectivity index (χ2v) is 9.19. The van der Waals surface area contributed by atoms with Crippen LogP contribution < -0.4 is 9.64 Å². The Morgan fingerprint density at radius 3 is 2.64 bits per heavy atom. The number of imidazole rings is 1. The number of benzene rings is 2. The molecule has 5 rings (SSSR count). The Balaban J connectivity index is 1.31. The van der Waals surface area contributed by atoms with Crippen molar-refractivity contribution in [3.8, 4) is 17.1 Å². The van der Waals surface area contributed by atoms with Gasteiger partial charge in [0, 0.05) is 51.5 Å². The number of para-hydroxylation sites is 1. The van der Waals surface area contributed by atoms with Crippen LogP contribution in [-0.2, 0) is 4.74 Å². The molecular formula is C26H35N5O2. The van der Waals surface area contributed by atoms with Crippen molar-refractivity contribution in [1.29, 1.82) is 0 Å². The van der Waals surface area contributed by atoms with Crippen LogP contribution in [0.25, 0.3) is 22.4 Å². The summed E-state index contributed by atoms with van der Waals surface area (Å²) in [5.41, 5.74) is 5.61. The molecule has 7 nitrogen and oxygen atoms in total. The number of piperazine rings is 1. The van der Waals surface area contributed by atoms with Crippen molar-refractivity contribution in [2.75, 3.05) is 77.6 Å². The van der Waals surface area contributed by atoms with Gasteiger partial charge in [-0.3, -0.25) is 4.90 Å². The molecule has 0 amide bonds. The zero-order chi connectivity index (χ0) is 22.6. The number of hydrogen-bond acceptors (Lipinski definition) is 6. The molecule has 0 radical (unpaired) electrons. The predicted octanol–water partition coefficient (Wildman–Crippen LogP) is 3.39. The van der Waals surface area contributed by atoms with Gasteiger partial charge in [-0.2, -0.15) is 0 Å². The number of nitrogens with zero attached hydrogens (tertiary/aromatic N) is 4. The molecule has 1 aromatic heterocycles.